The number of piperidine rings is 1. The lowest BCUT2D eigenvalue weighted by Gasteiger charge is -2.30. The molecule has 1 aliphatic rings. The zero-order chi connectivity index (χ0) is 20.7. The Labute approximate surface area is 195 Å². The van der Waals surface area contributed by atoms with Crippen LogP contribution in [-0.4, -0.2) is 39.8 Å². The van der Waals surface area contributed by atoms with Crippen molar-refractivity contribution >= 4 is 41.8 Å². The van der Waals surface area contributed by atoms with Crippen LogP contribution in [0.15, 0.2) is 22.7 Å². The quantitative estimate of drug-likeness (QED) is 0.591. The summed E-state index contributed by atoms with van der Waals surface area (Å²) in [6, 6.07) is 4.14. The van der Waals surface area contributed by atoms with Crippen molar-refractivity contribution in [2.45, 2.75) is 53.1 Å². The summed E-state index contributed by atoms with van der Waals surface area (Å²) in [4.78, 5) is 18.2. The molecule has 0 saturated carbocycles. The number of halogens is 2. The van der Waals surface area contributed by atoms with Gasteiger partial charge in [-0.1, -0.05) is 6.92 Å². The van der Waals surface area contributed by atoms with Crippen LogP contribution in [0.25, 0.3) is 22.3 Å². The second-order valence-corrected chi connectivity index (χ2v) is 8.35. The first-order valence-corrected chi connectivity index (χ1v) is 10.3. The maximum absolute atomic E-state index is 13.3. The Morgan fingerprint density at radius 3 is 2.65 bits per heavy atom. The van der Waals surface area contributed by atoms with Gasteiger partial charge in [-0.25, -0.2) is 9.67 Å². The number of pyridine rings is 1. The van der Waals surface area contributed by atoms with Crippen molar-refractivity contribution in [3.05, 3.63) is 35.4 Å². The van der Waals surface area contributed by atoms with Gasteiger partial charge >= 0.3 is 0 Å². The molecule has 170 valence electrons. The van der Waals surface area contributed by atoms with Crippen molar-refractivity contribution in [3.8, 4) is 11.3 Å². The molecule has 0 bridgehead atoms. The van der Waals surface area contributed by atoms with Crippen LogP contribution in [0.1, 0.15) is 55.1 Å². The van der Waals surface area contributed by atoms with Gasteiger partial charge in [0.2, 0.25) is 0 Å². The van der Waals surface area contributed by atoms with E-state index in [4.69, 9.17) is 9.40 Å². The molecule has 1 saturated heterocycles. The number of nitrogens with zero attached hydrogens (tertiary/aromatic N) is 3. The second-order valence-electron chi connectivity index (χ2n) is 8.35. The number of furan rings is 1. The highest BCUT2D eigenvalue weighted by molar-refractivity contribution is 6.06. The molecule has 31 heavy (non-hydrogen) atoms. The van der Waals surface area contributed by atoms with Gasteiger partial charge in [0.15, 0.2) is 5.65 Å². The van der Waals surface area contributed by atoms with E-state index in [0.717, 1.165) is 53.3 Å². The van der Waals surface area contributed by atoms with E-state index in [0.29, 0.717) is 11.5 Å². The van der Waals surface area contributed by atoms with Gasteiger partial charge in [-0.2, -0.15) is 5.10 Å². The molecule has 2 N–H and O–H groups in total. The highest BCUT2D eigenvalue weighted by Gasteiger charge is 2.25. The lowest BCUT2D eigenvalue weighted by atomic mass is 9.95. The van der Waals surface area contributed by atoms with Crippen molar-refractivity contribution < 1.29 is 9.21 Å². The van der Waals surface area contributed by atoms with Gasteiger partial charge in [0, 0.05) is 17.6 Å². The molecule has 7 nitrogen and oxygen atoms in total. The zero-order valence-electron chi connectivity index (χ0n) is 18.6. The van der Waals surface area contributed by atoms with Crippen molar-refractivity contribution in [1.82, 2.24) is 25.4 Å². The predicted molar refractivity (Wildman–Crippen MR) is 127 cm³/mol. The number of nitrogens with one attached hydrogen (secondary N) is 2. The van der Waals surface area contributed by atoms with E-state index in [1.54, 1.807) is 6.20 Å². The highest BCUT2D eigenvalue weighted by atomic mass is 35.5. The number of hydrogen-bond donors (Lipinski definition) is 2. The summed E-state index contributed by atoms with van der Waals surface area (Å²) in [5.74, 6) is 1.94. The van der Waals surface area contributed by atoms with Crippen molar-refractivity contribution in [3.63, 3.8) is 0 Å². The van der Waals surface area contributed by atoms with E-state index in [2.05, 4.69) is 36.5 Å². The van der Waals surface area contributed by atoms with Crippen molar-refractivity contribution in [1.29, 1.82) is 0 Å². The summed E-state index contributed by atoms with van der Waals surface area (Å²) in [6.07, 6.45) is 2.68. The van der Waals surface area contributed by atoms with E-state index in [9.17, 15) is 4.79 Å². The van der Waals surface area contributed by atoms with E-state index in [-0.39, 0.29) is 42.8 Å². The SMILES string of the molecule is Cc1cc(-c2cc(C(=O)NC3CCNCC3C)c3cnn(C(C)C)c3n2)c(C)o1.Cl.Cl. The number of rotatable bonds is 4. The fourth-order valence-corrected chi connectivity index (χ4v) is 4.08. The Morgan fingerprint density at radius 2 is 2.03 bits per heavy atom. The number of aromatic nitrogens is 3. The molecule has 2 atom stereocenters. The minimum absolute atomic E-state index is 0. The minimum Gasteiger partial charge on any atom is -0.466 e. The lowest BCUT2D eigenvalue weighted by molar-refractivity contribution is 0.0916. The van der Waals surface area contributed by atoms with Gasteiger partial charge in [0.25, 0.3) is 5.91 Å². The maximum Gasteiger partial charge on any atom is 0.252 e. The molecule has 4 rings (SSSR count). The Kier molecular flexibility index (Phi) is 8.14. The molecule has 3 aromatic rings. The third-order valence-corrected chi connectivity index (χ3v) is 5.72. The molecule has 9 heteroatoms. The fourth-order valence-electron chi connectivity index (χ4n) is 4.08. The Bertz CT molecular complexity index is 1060. The van der Waals surface area contributed by atoms with Gasteiger partial charge in [-0.3, -0.25) is 4.79 Å². The normalized spacial score (nSPS) is 18.5. The van der Waals surface area contributed by atoms with Crippen molar-refractivity contribution in [2.24, 2.45) is 5.92 Å². The molecule has 3 aromatic heterocycles. The van der Waals surface area contributed by atoms with Gasteiger partial charge in [-0.15, -0.1) is 24.8 Å². The van der Waals surface area contributed by atoms with E-state index >= 15 is 0 Å². The number of carbonyl (C=O) groups excluding carboxylic acids is 1. The van der Waals surface area contributed by atoms with Crippen LogP contribution >= 0.6 is 24.8 Å². The molecule has 4 heterocycles. The molecule has 1 aliphatic heterocycles. The van der Waals surface area contributed by atoms with Crippen LogP contribution in [-0.2, 0) is 0 Å². The fraction of sp³-hybridized carbons (Fsp3) is 0.500. The van der Waals surface area contributed by atoms with Crippen LogP contribution in [0.5, 0.6) is 0 Å². The van der Waals surface area contributed by atoms with Gasteiger partial charge in [-0.05, 0) is 65.3 Å². The monoisotopic (exact) mass is 467 g/mol. The second kappa shape index (κ2) is 10.0. The Hall–Kier alpha value is -2.09. The average Bonchev–Trinajstić information content (AvgIpc) is 3.25. The standard InChI is InChI=1S/C22H29N5O2.2ClH/c1-12(2)27-21-18(11-24-27)17(22(28)26-19-6-7-23-10-13(19)3)9-20(25-21)16-8-14(4)29-15(16)5;;/h8-9,11-13,19,23H,6-7,10H2,1-5H3,(H,26,28);2*1H. The number of fused-ring (bicyclic) bond motifs is 1. The van der Waals surface area contributed by atoms with Crippen LogP contribution in [0, 0.1) is 19.8 Å². The van der Waals surface area contributed by atoms with Gasteiger partial charge in [0.1, 0.15) is 11.5 Å². The summed E-state index contributed by atoms with van der Waals surface area (Å²) in [7, 11) is 0. The third-order valence-electron chi connectivity index (χ3n) is 5.72. The minimum atomic E-state index is -0.0708. The van der Waals surface area contributed by atoms with Crippen LogP contribution in [0.4, 0.5) is 0 Å². The smallest absolute Gasteiger partial charge is 0.252 e. The van der Waals surface area contributed by atoms with E-state index < -0.39 is 0 Å². The number of hydrogen-bond acceptors (Lipinski definition) is 5. The maximum atomic E-state index is 13.3. The first-order valence-electron chi connectivity index (χ1n) is 10.3. The number of amides is 1. The first-order chi connectivity index (χ1) is 13.8. The first kappa shape index (κ1) is 25.2. The van der Waals surface area contributed by atoms with Gasteiger partial charge in [0.05, 0.1) is 22.8 Å². The largest absolute Gasteiger partial charge is 0.466 e. The van der Waals surface area contributed by atoms with Crippen LogP contribution < -0.4 is 10.6 Å². The molecular weight excluding hydrogens is 437 g/mol. The summed E-state index contributed by atoms with van der Waals surface area (Å²) < 4.78 is 7.57. The summed E-state index contributed by atoms with van der Waals surface area (Å²) in [5, 5.41) is 11.9. The molecule has 1 fully saturated rings. The Morgan fingerprint density at radius 1 is 1.29 bits per heavy atom. The summed E-state index contributed by atoms with van der Waals surface area (Å²) in [5.41, 5.74) is 2.98. The zero-order valence-corrected chi connectivity index (χ0v) is 20.2. The number of carbonyl (C=O) groups is 1. The number of aryl methyl sites for hydroxylation is 2. The molecule has 0 aromatic carbocycles. The van der Waals surface area contributed by atoms with E-state index in [1.807, 2.05) is 30.7 Å². The third kappa shape index (κ3) is 4.89. The molecule has 0 radical (unpaired) electrons. The molecule has 0 aliphatic carbocycles. The molecular formula is C22H31Cl2N5O2. The molecule has 0 spiro atoms. The van der Waals surface area contributed by atoms with Gasteiger partial charge < -0.3 is 15.1 Å². The molecule has 1 amide bonds. The summed E-state index contributed by atoms with van der Waals surface area (Å²) >= 11 is 0. The van der Waals surface area contributed by atoms with Crippen LogP contribution in [0.2, 0.25) is 0 Å². The highest BCUT2D eigenvalue weighted by Crippen LogP contribution is 2.30. The topological polar surface area (TPSA) is 85.0 Å². The van der Waals surface area contributed by atoms with Crippen molar-refractivity contribution in [2.75, 3.05) is 13.1 Å². The summed E-state index contributed by atoms with van der Waals surface area (Å²) in [6.45, 7) is 12.0. The Balaban J connectivity index is 0.00000171. The average molecular weight is 468 g/mol. The lowest BCUT2D eigenvalue weighted by Crippen LogP contribution is -2.48. The van der Waals surface area contributed by atoms with Crippen LogP contribution in [0.3, 0.4) is 0 Å². The predicted octanol–water partition coefficient (Wildman–Crippen LogP) is 4.46. The van der Waals surface area contributed by atoms with E-state index in [1.165, 1.54) is 0 Å². The molecule has 2 unspecified atom stereocenters.